The number of sulfone groups is 1. The first-order valence-corrected chi connectivity index (χ1v) is 12.2. The Labute approximate surface area is 175 Å². The molecule has 2 aromatic carbocycles. The Kier molecular flexibility index (Phi) is 5.44. The van der Waals surface area contributed by atoms with Gasteiger partial charge in [-0.25, -0.2) is 13.4 Å². The molecule has 0 N–H and O–H groups in total. The number of amides is 1. The maximum Gasteiger partial charge on any atom is 0.253 e. The minimum atomic E-state index is -3.40. The molecule has 0 saturated carbocycles. The van der Waals surface area contributed by atoms with Crippen LogP contribution in [0.4, 0.5) is 0 Å². The number of nitrogens with zero attached hydrogens (tertiary/aromatic N) is 2. The molecule has 2 heterocycles. The number of carbonyl (C=O) groups is 1. The summed E-state index contributed by atoms with van der Waals surface area (Å²) in [5.74, 6) is 0.262. The Morgan fingerprint density at radius 3 is 2.52 bits per heavy atom. The van der Waals surface area contributed by atoms with Crippen molar-refractivity contribution < 1.29 is 13.2 Å². The number of rotatable bonds is 4. The van der Waals surface area contributed by atoms with Crippen LogP contribution in [0.1, 0.15) is 48.0 Å². The summed E-state index contributed by atoms with van der Waals surface area (Å²) in [4.78, 5) is 19.8. The molecule has 4 rings (SSSR count). The van der Waals surface area contributed by atoms with Gasteiger partial charge in [-0.05, 0) is 57.0 Å². The van der Waals surface area contributed by atoms with E-state index in [1.807, 2.05) is 23.1 Å². The number of para-hydroxylation sites is 1. The molecule has 1 amide bonds. The molecule has 3 aromatic rings. The van der Waals surface area contributed by atoms with Crippen molar-refractivity contribution >= 4 is 37.3 Å². The van der Waals surface area contributed by atoms with Crippen LogP contribution >= 0.6 is 11.3 Å². The standard InChI is InChI=1S/C22H24N2O3S2/c1-15(2)29(26,27)18-7-5-6-17(14-18)22(25)24-12-10-16(11-13-24)21-23-19-8-3-4-9-20(19)28-21/h3-9,14-16H,10-13H2,1-2H3. The van der Waals surface area contributed by atoms with E-state index in [1.54, 1.807) is 43.4 Å². The molecular weight excluding hydrogens is 404 g/mol. The van der Waals surface area contributed by atoms with E-state index >= 15 is 0 Å². The molecule has 1 aliphatic heterocycles. The van der Waals surface area contributed by atoms with E-state index in [0.717, 1.165) is 23.4 Å². The number of aromatic nitrogens is 1. The Hall–Kier alpha value is -2.25. The lowest BCUT2D eigenvalue weighted by atomic mass is 9.97. The van der Waals surface area contributed by atoms with Crippen LogP contribution in [-0.2, 0) is 9.84 Å². The molecule has 0 unspecified atom stereocenters. The van der Waals surface area contributed by atoms with Crippen LogP contribution in [0.3, 0.4) is 0 Å². The minimum Gasteiger partial charge on any atom is -0.339 e. The zero-order valence-electron chi connectivity index (χ0n) is 16.5. The lowest BCUT2D eigenvalue weighted by Gasteiger charge is -2.31. The third kappa shape index (κ3) is 3.94. The van der Waals surface area contributed by atoms with Gasteiger partial charge in [0.1, 0.15) is 0 Å². The molecule has 0 aliphatic carbocycles. The van der Waals surface area contributed by atoms with Crippen LogP contribution in [0.5, 0.6) is 0 Å². The van der Waals surface area contributed by atoms with E-state index in [1.165, 1.54) is 10.8 Å². The number of likely N-dealkylation sites (tertiary alicyclic amines) is 1. The van der Waals surface area contributed by atoms with Crippen molar-refractivity contribution in [2.45, 2.75) is 42.8 Å². The number of benzene rings is 2. The zero-order valence-corrected chi connectivity index (χ0v) is 18.2. The van der Waals surface area contributed by atoms with Crippen LogP contribution in [0.2, 0.25) is 0 Å². The van der Waals surface area contributed by atoms with Crippen molar-refractivity contribution in [2.75, 3.05) is 13.1 Å². The second kappa shape index (κ2) is 7.88. The van der Waals surface area contributed by atoms with E-state index in [0.29, 0.717) is 24.6 Å². The molecule has 7 heteroatoms. The van der Waals surface area contributed by atoms with Gasteiger partial charge in [-0.15, -0.1) is 11.3 Å². The number of carbonyl (C=O) groups excluding carboxylic acids is 1. The monoisotopic (exact) mass is 428 g/mol. The summed E-state index contributed by atoms with van der Waals surface area (Å²) >= 11 is 1.74. The van der Waals surface area contributed by atoms with Gasteiger partial charge in [0, 0.05) is 24.6 Å². The SMILES string of the molecule is CC(C)S(=O)(=O)c1cccc(C(=O)N2CCC(c3nc4ccccc4s3)CC2)c1. The van der Waals surface area contributed by atoms with Gasteiger partial charge >= 0.3 is 0 Å². The second-order valence-corrected chi connectivity index (χ2v) is 11.3. The summed E-state index contributed by atoms with van der Waals surface area (Å²) in [6.07, 6.45) is 1.74. The zero-order chi connectivity index (χ0) is 20.6. The van der Waals surface area contributed by atoms with E-state index in [9.17, 15) is 13.2 Å². The van der Waals surface area contributed by atoms with Crippen molar-refractivity contribution in [1.29, 1.82) is 0 Å². The summed E-state index contributed by atoms with van der Waals surface area (Å²) in [5.41, 5.74) is 1.47. The van der Waals surface area contributed by atoms with Gasteiger partial charge in [0.05, 0.1) is 25.4 Å². The molecule has 0 radical (unpaired) electrons. The highest BCUT2D eigenvalue weighted by Crippen LogP contribution is 2.34. The third-order valence-corrected chi connectivity index (χ3v) is 8.82. The van der Waals surface area contributed by atoms with Crippen molar-refractivity contribution in [1.82, 2.24) is 9.88 Å². The normalized spacial score (nSPS) is 15.9. The Balaban J connectivity index is 1.47. The van der Waals surface area contributed by atoms with Crippen molar-refractivity contribution in [3.8, 4) is 0 Å². The smallest absolute Gasteiger partial charge is 0.253 e. The molecule has 1 fully saturated rings. The first kappa shape index (κ1) is 20.0. The second-order valence-electron chi connectivity index (χ2n) is 7.71. The molecule has 152 valence electrons. The minimum absolute atomic E-state index is 0.103. The van der Waals surface area contributed by atoms with E-state index in [-0.39, 0.29) is 10.8 Å². The number of fused-ring (bicyclic) bond motifs is 1. The lowest BCUT2D eigenvalue weighted by Crippen LogP contribution is -2.38. The summed E-state index contributed by atoms with van der Waals surface area (Å²) in [5, 5.41) is 0.626. The van der Waals surface area contributed by atoms with Crippen molar-refractivity contribution in [3.63, 3.8) is 0 Å². The van der Waals surface area contributed by atoms with Crippen LogP contribution in [0.15, 0.2) is 53.4 Å². The molecule has 1 aromatic heterocycles. The molecule has 1 saturated heterocycles. The molecule has 0 spiro atoms. The number of thiazole rings is 1. The third-order valence-electron chi connectivity index (χ3n) is 5.47. The summed E-state index contributed by atoms with van der Waals surface area (Å²) in [6, 6.07) is 14.6. The highest BCUT2D eigenvalue weighted by atomic mass is 32.2. The maximum atomic E-state index is 13.0. The number of hydrogen-bond donors (Lipinski definition) is 0. The molecule has 29 heavy (non-hydrogen) atoms. The Bertz CT molecular complexity index is 1110. The van der Waals surface area contributed by atoms with E-state index in [4.69, 9.17) is 4.98 Å². The topological polar surface area (TPSA) is 67.3 Å². The largest absolute Gasteiger partial charge is 0.339 e. The number of hydrogen-bond acceptors (Lipinski definition) is 5. The van der Waals surface area contributed by atoms with E-state index in [2.05, 4.69) is 6.07 Å². The average Bonchev–Trinajstić information content (AvgIpc) is 3.17. The highest BCUT2D eigenvalue weighted by Gasteiger charge is 2.27. The van der Waals surface area contributed by atoms with Gasteiger partial charge in [-0.3, -0.25) is 4.79 Å². The Morgan fingerprint density at radius 2 is 1.83 bits per heavy atom. The fraction of sp³-hybridized carbons (Fsp3) is 0.364. The van der Waals surface area contributed by atoms with Crippen LogP contribution < -0.4 is 0 Å². The van der Waals surface area contributed by atoms with Crippen LogP contribution in [0.25, 0.3) is 10.2 Å². The molecule has 0 atom stereocenters. The predicted octanol–water partition coefficient (Wildman–Crippen LogP) is 4.50. The van der Waals surface area contributed by atoms with Gasteiger partial charge < -0.3 is 4.90 Å². The lowest BCUT2D eigenvalue weighted by molar-refractivity contribution is 0.0712. The summed E-state index contributed by atoms with van der Waals surface area (Å²) in [7, 11) is -3.40. The maximum absolute atomic E-state index is 13.0. The fourth-order valence-corrected chi connectivity index (χ4v) is 5.90. The van der Waals surface area contributed by atoms with E-state index < -0.39 is 15.1 Å². The Morgan fingerprint density at radius 1 is 1.10 bits per heavy atom. The highest BCUT2D eigenvalue weighted by molar-refractivity contribution is 7.92. The summed E-state index contributed by atoms with van der Waals surface area (Å²) < 4.78 is 26.1. The van der Waals surface area contributed by atoms with Crippen LogP contribution in [-0.4, -0.2) is 42.5 Å². The number of piperidine rings is 1. The first-order valence-electron chi connectivity index (χ1n) is 9.85. The van der Waals surface area contributed by atoms with Gasteiger partial charge in [-0.1, -0.05) is 18.2 Å². The first-order chi connectivity index (χ1) is 13.9. The predicted molar refractivity (Wildman–Crippen MR) is 116 cm³/mol. The average molecular weight is 429 g/mol. The van der Waals surface area contributed by atoms with Gasteiger partial charge in [0.15, 0.2) is 9.84 Å². The summed E-state index contributed by atoms with van der Waals surface area (Å²) in [6.45, 7) is 4.61. The van der Waals surface area contributed by atoms with Crippen LogP contribution in [0, 0.1) is 0 Å². The van der Waals surface area contributed by atoms with Gasteiger partial charge in [-0.2, -0.15) is 0 Å². The molecule has 0 bridgehead atoms. The van der Waals surface area contributed by atoms with Crippen molar-refractivity contribution in [2.24, 2.45) is 0 Å². The fourth-order valence-electron chi connectivity index (χ4n) is 3.66. The molecule has 1 aliphatic rings. The van der Waals surface area contributed by atoms with Crippen molar-refractivity contribution in [3.05, 3.63) is 59.1 Å². The molecule has 5 nitrogen and oxygen atoms in total. The van der Waals surface area contributed by atoms with Gasteiger partial charge in [0.25, 0.3) is 5.91 Å². The molecular formula is C22H24N2O3S2. The van der Waals surface area contributed by atoms with Gasteiger partial charge in [0.2, 0.25) is 0 Å². The quantitative estimate of drug-likeness (QED) is 0.614.